The van der Waals surface area contributed by atoms with Crippen LogP contribution in [0, 0.1) is 5.82 Å². The quantitative estimate of drug-likeness (QED) is 0.883. The number of nitrogens with zero attached hydrogens (tertiary/aromatic N) is 3. The highest BCUT2D eigenvalue weighted by atomic mass is 19.1. The Kier molecular flexibility index (Phi) is 4.85. The zero-order valence-electron chi connectivity index (χ0n) is 12.9. The summed E-state index contributed by atoms with van der Waals surface area (Å²) in [6, 6.07) is 6.13. The first-order valence-corrected chi connectivity index (χ1v) is 7.89. The Morgan fingerprint density at radius 2 is 2.17 bits per heavy atom. The second kappa shape index (κ2) is 7.21. The van der Waals surface area contributed by atoms with Gasteiger partial charge in [-0.2, -0.15) is 0 Å². The fourth-order valence-corrected chi connectivity index (χ4v) is 2.73. The number of fused-ring (bicyclic) bond motifs is 1. The number of aromatic nitrogens is 3. The largest absolute Gasteiger partial charge is 0.338 e. The summed E-state index contributed by atoms with van der Waals surface area (Å²) >= 11 is 0. The van der Waals surface area contributed by atoms with Crippen molar-refractivity contribution in [2.24, 2.45) is 0 Å². The molecule has 0 saturated carbocycles. The molecule has 2 heterocycles. The van der Waals surface area contributed by atoms with E-state index in [0.29, 0.717) is 19.5 Å². The number of hydrogen-bond acceptors (Lipinski definition) is 3. The molecule has 6 nitrogen and oxygen atoms in total. The van der Waals surface area contributed by atoms with Crippen molar-refractivity contribution in [3.8, 4) is 0 Å². The average Bonchev–Trinajstić information content (AvgIpc) is 2.96. The van der Waals surface area contributed by atoms with E-state index in [9.17, 15) is 9.18 Å². The summed E-state index contributed by atoms with van der Waals surface area (Å²) in [5.41, 5.74) is 0.858. The van der Waals surface area contributed by atoms with Crippen molar-refractivity contribution in [1.29, 1.82) is 0 Å². The molecule has 0 bridgehead atoms. The van der Waals surface area contributed by atoms with E-state index < -0.39 is 0 Å². The van der Waals surface area contributed by atoms with E-state index in [2.05, 4.69) is 25.4 Å². The van der Waals surface area contributed by atoms with Crippen molar-refractivity contribution in [1.82, 2.24) is 25.4 Å². The Morgan fingerprint density at radius 1 is 1.26 bits per heavy atom. The summed E-state index contributed by atoms with van der Waals surface area (Å²) in [5.74, 6) is 1.53. The Labute approximate surface area is 134 Å². The predicted molar refractivity (Wildman–Crippen MR) is 83.3 cm³/mol. The molecule has 1 aliphatic heterocycles. The average molecular weight is 317 g/mol. The molecule has 0 atom stereocenters. The number of carbonyl (C=O) groups is 1. The van der Waals surface area contributed by atoms with Crippen LogP contribution in [0.3, 0.4) is 0 Å². The van der Waals surface area contributed by atoms with Gasteiger partial charge in [-0.3, -0.25) is 0 Å². The summed E-state index contributed by atoms with van der Waals surface area (Å²) in [5, 5.41) is 13.8. The van der Waals surface area contributed by atoms with Gasteiger partial charge in [0.05, 0.1) is 6.54 Å². The second-order valence-electron chi connectivity index (χ2n) is 5.63. The van der Waals surface area contributed by atoms with Gasteiger partial charge in [0.25, 0.3) is 0 Å². The SMILES string of the molecule is O=C(NCCc1cccc(F)c1)NCc1nnc2n1CCCC2. The van der Waals surface area contributed by atoms with Crippen LogP contribution in [-0.2, 0) is 25.9 Å². The van der Waals surface area contributed by atoms with Crippen molar-refractivity contribution in [3.05, 3.63) is 47.3 Å². The molecule has 1 aromatic carbocycles. The Hall–Kier alpha value is -2.44. The van der Waals surface area contributed by atoms with Crippen LogP contribution in [0.15, 0.2) is 24.3 Å². The minimum absolute atomic E-state index is 0.255. The molecule has 0 fully saturated rings. The summed E-state index contributed by atoms with van der Waals surface area (Å²) < 4.78 is 15.1. The van der Waals surface area contributed by atoms with E-state index in [1.165, 1.54) is 12.1 Å². The van der Waals surface area contributed by atoms with Crippen molar-refractivity contribution in [3.63, 3.8) is 0 Å². The van der Waals surface area contributed by atoms with Gasteiger partial charge in [-0.15, -0.1) is 10.2 Å². The highest BCUT2D eigenvalue weighted by Crippen LogP contribution is 2.13. The molecule has 0 saturated heterocycles. The molecule has 0 aliphatic carbocycles. The number of carbonyl (C=O) groups excluding carboxylic acids is 1. The number of nitrogens with one attached hydrogen (secondary N) is 2. The topological polar surface area (TPSA) is 71.8 Å². The Balaban J connectivity index is 1.42. The standard InChI is InChI=1S/C16H20FN5O/c17-13-5-3-4-12(10-13)7-8-18-16(23)19-11-15-21-20-14-6-1-2-9-22(14)15/h3-5,10H,1-2,6-9,11H2,(H2,18,19,23). The Morgan fingerprint density at radius 3 is 3.04 bits per heavy atom. The molecule has 0 unspecified atom stereocenters. The number of urea groups is 1. The molecule has 122 valence electrons. The first-order valence-electron chi connectivity index (χ1n) is 7.89. The van der Waals surface area contributed by atoms with E-state index in [1.807, 2.05) is 6.07 Å². The molecule has 0 spiro atoms. The van der Waals surface area contributed by atoms with Gasteiger partial charge < -0.3 is 15.2 Å². The third-order valence-electron chi connectivity index (χ3n) is 3.93. The normalized spacial score (nSPS) is 13.4. The van der Waals surface area contributed by atoms with Crippen LogP contribution >= 0.6 is 0 Å². The lowest BCUT2D eigenvalue weighted by molar-refractivity contribution is 0.240. The molecule has 7 heteroatoms. The van der Waals surface area contributed by atoms with E-state index in [0.717, 1.165) is 43.0 Å². The van der Waals surface area contributed by atoms with Crippen LogP contribution in [0.4, 0.5) is 9.18 Å². The third-order valence-corrected chi connectivity index (χ3v) is 3.93. The maximum Gasteiger partial charge on any atom is 0.315 e. The molecular formula is C16H20FN5O. The highest BCUT2D eigenvalue weighted by molar-refractivity contribution is 5.73. The number of hydrogen-bond donors (Lipinski definition) is 2. The van der Waals surface area contributed by atoms with Gasteiger partial charge in [-0.25, -0.2) is 9.18 Å². The molecule has 2 N–H and O–H groups in total. The minimum Gasteiger partial charge on any atom is -0.338 e. The van der Waals surface area contributed by atoms with Crippen molar-refractivity contribution in [2.45, 2.75) is 38.8 Å². The van der Waals surface area contributed by atoms with Crippen LogP contribution in [0.1, 0.15) is 30.1 Å². The van der Waals surface area contributed by atoms with Crippen LogP contribution in [-0.4, -0.2) is 27.3 Å². The number of benzene rings is 1. The summed E-state index contributed by atoms with van der Waals surface area (Å²) in [7, 11) is 0. The summed E-state index contributed by atoms with van der Waals surface area (Å²) in [6.07, 6.45) is 3.81. The predicted octanol–water partition coefficient (Wildman–Crippen LogP) is 1.80. The molecule has 3 rings (SSSR count). The van der Waals surface area contributed by atoms with Crippen LogP contribution in [0.5, 0.6) is 0 Å². The highest BCUT2D eigenvalue weighted by Gasteiger charge is 2.15. The molecular weight excluding hydrogens is 297 g/mol. The number of halogens is 1. The fraction of sp³-hybridized carbons (Fsp3) is 0.438. The number of aryl methyl sites for hydroxylation is 1. The lowest BCUT2D eigenvalue weighted by Gasteiger charge is -2.15. The number of amides is 2. The van der Waals surface area contributed by atoms with Crippen molar-refractivity contribution in [2.75, 3.05) is 6.54 Å². The van der Waals surface area contributed by atoms with Crippen LogP contribution in [0.25, 0.3) is 0 Å². The van der Waals surface area contributed by atoms with Gasteiger partial charge in [0.2, 0.25) is 0 Å². The molecule has 1 aromatic heterocycles. The van der Waals surface area contributed by atoms with Gasteiger partial charge in [-0.1, -0.05) is 12.1 Å². The van der Waals surface area contributed by atoms with E-state index in [4.69, 9.17) is 0 Å². The van der Waals surface area contributed by atoms with Crippen molar-refractivity contribution >= 4 is 6.03 Å². The van der Waals surface area contributed by atoms with E-state index in [-0.39, 0.29) is 11.8 Å². The van der Waals surface area contributed by atoms with Gasteiger partial charge in [0.15, 0.2) is 5.82 Å². The smallest absolute Gasteiger partial charge is 0.315 e. The fourth-order valence-electron chi connectivity index (χ4n) is 2.73. The van der Waals surface area contributed by atoms with E-state index >= 15 is 0 Å². The van der Waals surface area contributed by atoms with Gasteiger partial charge in [0, 0.05) is 19.5 Å². The maximum absolute atomic E-state index is 13.1. The number of rotatable bonds is 5. The minimum atomic E-state index is -0.261. The van der Waals surface area contributed by atoms with Gasteiger partial charge in [-0.05, 0) is 37.0 Å². The van der Waals surface area contributed by atoms with Crippen LogP contribution in [0.2, 0.25) is 0 Å². The molecule has 23 heavy (non-hydrogen) atoms. The molecule has 2 aromatic rings. The molecule has 1 aliphatic rings. The van der Waals surface area contributed by atoms with Gasteiger partial charge in [0.1, 0.15) is 11.6 Å². The maximum atomic E-state index is 13.1. The first-order chi connectivity index (χ1) is 11.2. The zero-order chi connectivity index (χ0) is 16.1. The molecule has 0 radical (unpaired) electrons. The lowest BCUT2D eigenvalue weighted by Crippen LogP contribution is -2.37. The second-order valence-corrected chi connectivity index (χ2v) is 5.63. The Bertz CT molecular complexity index is 685. The molecule has 2 amide bonds. The third kappa shape index (κ3) is 4.06. The lowest BCUT2D eigenvalue weighted by atomic mass is 10.1. The van der Waals surface area contributed by atoms with Gasteiger partial charge >= 0.3 is 6.03 Å². The van der Waals surface area contributed by atoms with Crippen LogP contribution < -0.4 is 10.6 Å². The summed E-state index contributed by atoms with van der Waals surface area (Å²) in [6.45, 7) is 1.73. The monoisotopic (exact) mass is 317 g/mol. The van der Waals surface area contributed by atoms with E-state index in [1.54, 1.807) is 6.07 Å². The summed E-state index contributed by atoms with van der Waals surface area (Å²) in [4.78, 5) is 11.8. The first kappa shape index (κ1) is 15.5. The zero-order valence-corrected chi connectivity index (χ0v) is 12.9. The van der Waals surface area contributed by atoms with Crippen molar-refractivity contribution < 1.29 is 9.18 Å².